The molecule has 0 rings (SSSR count). The van der Waals surface area contributed by atoms with Gasteiger partial charge in [0.2, 0.25) is 5.91 Å². The Morgan fingerprint density at radius 3 is 2.55 bits per heavy atom. The fourth-order valence-electron chi connectivity index (χ4n) is 2.10. The summed E-state index contributed by atoms with van der Waals surface area (Å²) in [6.45, 7) is 2.20. The number of rotatable bonds is 14. The number of nitrogens with one attached hydrogen (secondary N) is 1. The Kier molecular flexibility index (Phi) is 15.0. The van der Waals surface area contributed by atoms with Crippen molar-refractivity contribution >= 4 is 17.7 Å². The third-order valence-electron chi connectivity index (χ3n) is 3.48. The van der Waals surface area contributed by atoms with Crippen molar-refractivity contribution in [1.29, 1.82) is 0 Å². The van der Waals surface area contributed by atoms with Crippen LogP contribution in [-0.2, 0) is 9.53 Å². The molecule has 0 aromatic heterocycles. The number of aliphatic hydroxyl groups excluding tert-OH is 1. The van der Waals surface area contributed by atoms with Crippen molar-refractivity contribution in [3.63, 3.8) is 0 Å². The second-order valence-electron chi connectivity index (χ2n) is 5.44. The van der Waals surface area contributed by atoms with E-state index in [0.29, 0.717) is 12.8 Å². The van der Waals surface area contributed by atoms with Crippen molar-refractivity contribution in [2.45, 2.75) is 70.6 Å². The summed E-state index contributed by atoms with van der Waals surface area (Å²) < 4.78 is 4.92. The van der Waals surface area contributed by atoms with Crippen molar-refractivity contribution in [1.82, 2.24) is 5.32 Å². The molecule has 0 saturated heterocycles. The summed E-state index contributed by atoms with van der Waals surface area (Å²) in [7, 11) is 1.45. The number of thioether (sulfide) groups is 1. The second-order valence-corrected chi connectivity index (χ2v) is 6.43. The van der Waals surface area contributed by atoms with Gasteiger partial charge in [0.05, 0.1) is 6.04 Å². The molecule has 0 aromatic carbocycles. The zero-order chi connectivity index (χ0) is 16.6. The highest BCUT2D eigenvalue weighted by molar-refractivity contribution is 7.98. The fourth-order valence-corrected chi connectivity index (χ4v) is 2.59. The Hall–Kier alpha value is -0.520. The summed E-state index contributed by atoms with van der Waals surface area (Å²) in [4.78, 5) is 11.9. The summed E-state index contributed by atoms with van der Waals surface area (Å²) in [6, 6.07) is -0.325. The van der Waals surface area contributed by atoms with Crippen molar-refractivity contribution in [3.8, 4) is 0 Å². The van der Waals surface area contributed by atoms with E-state index in [-0.39, 0.29) is 11.9 Å². The molecule has 22 heavy (non-hydrogen) atoms. The van der Waals surface area contributed by atoms with E-state index in [2.05, 4.69) is 24.4 Å². The number of ether oxygens (including phenoxy) is 1. The van der Waals surface area contributed by atoms with Gasteiger partial charge >= 0.3 is 0 Å². The van der Waals surface area contributed by atoms with Gasteiger partial charge in [-0.15, -0.1) is 0 Å². The van der Waals surface area contributed by atoms with Crippen LogP contribution in [0.15, 0.2) is 12.2 Å². The first-order valence-electron chi connectivity index (χ1n) is 8.29. The zero-order valence-corrected chi connectivity index (χ0v) is 15.2. The van der Waals surface area contributed by atoms with E-state index < -0.39 is 6.29 Å². The summed E-state index contributed by atoms with van der Waals surface area (Å²) in [5.41, 5.74) is 0. The van der Waals surface area contributed by atoms with Gasteiger partial charge in [-0.1, -0.05) is 31.9 Å². The third-order valence-corrected chi connectivity index (χ3v) is 4.12. The van der Waals surface area contributed by atoms with Crippen molar-refractivity contribution < 1.29 is 14.6 Å². The van der Waals surface area contributed by atoms with E-state index in [4.69, 9.17) is 4.74 Å². The smallest absolute Gasteiger partial charge is 0.220 e. The number of aliphatic hydroxyl groups is 1. The molecule has 0 heterocycles. The minimum Gasteiger partial charge on any atom is -0.366 e. The lowest BCUT2D eigenvalue weighted by Crippen LogP contribution is -2.44. The lowest BCUT2D eigenvalue weighted by Gasteiger charge is -2.22. The predicted molar refractivity (Wildman–Crippen MR) is 95.1 cm³/mol. The third kappa shape index (κ3) is 12.1. The van der Waals surface area contributed by atoms with Crippen LogP contribution in [0.2, 0.25) is 0 Å². The molecule has 5 heteroatoms. The van der Waals surface area contributed by atoms with Crippen molar-refractivity contribution in [3.05, 3.63) is 12.2 Å². The first-order chi connectivity index (χ1) is 10.7. The SMILES string of the molecule is CCCCCC=CCCCC(=O)NC(CCSC)C(O)OC. The number of carbonyl (C=O) groups is 1. The summed E-state index contributed by atoms with van der Waals surface area (Å²) in [5.74, 6) is 0.868. The summed E-state index contributed by atoms with van der Waals surface area (Å²) in [5, 5.41) is 12.6. The molecule has 0 aliphatic heterocycles. The largest absolute Gasteiger partial charge is 0.366 e. The van der Waals surface area contributed by atoms with Crippen molar-refractivity contribution in [2.75, 3.05) is 19.1 Å². The summed E-state index contributed by atoms with van der Waals surface area (Å²) >= 11 is 1.69. The van der Waals surface area contributed by atoms with Gasteiger partial charge in [-0.25, -0.2) is 0 Å². The maximum atomic E-state index is 11.9. The minimum atomic E-state index is -0.936. The minimum absolute atomic E-state index is 0.0124. The van der Waals surface area contributed by atoms with E-state index in [1.54, 1.807) is 11.8 Å². The predicted octanol–water partition coefficient (Wildman–Crippen LogP) is 3.50. The van der Waals surface area contributed by atoms with E-state index in [1.807, 2.05) is 6.26 Å². The number of hydrogen-bond donors (Lipinski definition) is 2. The van der Waals surface area contributed by atoms with Gasteiger partial charge in [0, 0.05) is 13.5 Å². The normalized spacial score (nSPS) is 14.2. The first-order valence-corrected chi connectivity index (χ1v) is 9.69. The molecule has 4 nitrogen and oxygen atoms in total. The maximum absolute atomic E-state index is 11.9. The molecule has 2 atom stereocenters. The molecular formula is C17H33NO3S. The van der Waals surface area contributed by atoms with Crippen LogP contribution in [0.25, 0.3) is 0 Å². The molecule has 0 spiro atoms. The highest BCUT2D eigenvalue weighted by Gasteiger charge is 2.20. The van der Waals surface area contributed by atoms with E-state index in [0.717, 1.165) is 25.0 Å². The van der Waals surface area contributed by atoms with Crippen LogP contribution >= 0.6 is 11.8 Å². The van der Waals surface area contributed by atoms with Crippen molar-refractivity contribution in [2.24, 2.45) is 0 Å². The quantitative estimate of drug-likeness (QED) is 0.291. The topological polar surface area (TPSA) is 58.6 Å². The second kappa shape index (κ2) is 15.4. The van der Waals surface area contributed by atoms with Crippen LogP contribution in [0.4, 0.5) is 0 Å². The molecule has 0 saturated carbocycles. The highest BCUT2D eigenvalue weighted by Crippen LogP contribution is 2.07. The number of amides is 1. The zero-order valence-electron chi connectivity index (χ0n) is 14.3. The molecule has 130 valence electrons. The summed E-state index contributed by atoms with van der Waals surface area (Å²) in [6.07, 6.45) is 13.3. The van der Waals surface area contributed by atoms with Crippen LogP contribution in [0.1, 0.15) is 58.3 Å². The number of unbranched alkanes of at least 4 members (excludes halogenated alkanes) is 4. The van der Waals surface area contributed by atoms with Crippen LogP contribution < -0.4 is 5.32 Å². The maximum Gasteiger partial charge on any atom is 0.220 e. The van der Waals surface area contributed by atoms with E-state index in [1.165, 1.54) is 26.4 Å². The molecule has 2 unspecified atom stereocenters. The molecule has 0 radical (unpaired) electrons. The number of allylic oxidation sites excluding steroid dienone is 2. The molecule has 2 N–H and O–H groups in total. The van der Waals surface area contributed by atoms with Gasteiger partial charge < -0.3 is 15.2 Å². The average Bonchev–Trinajstić information content (AvgIpc) is 2.53. The molecule has 0 aliphatic rings. The lowest BCUT2D eigenvalue weighted by atomic mass is 10.1. The number of methoxy groups -OCH3 is 1. The molecule has 0 bridgehead atoms. The Morgan fingerprint density at radius 1 is 1.27 bits per heavy atom. The molecule has 0 fully saturated rings. The Morgan fingerprint density at radius 2 is 1.95 bits per heavy atom. The van der Waals surface area contributed by atoms with Crippen LogP contribution in [0, 0.1) is 0 Å². The lowest BCUT2D eigenvalue weighted by molar-refractivity contribution is -0.130. The van der Waals surface area contributed by atoms with Crippen LogP contribution in [-0.4, -0.2) is 42.5 Å². The monoisotopic (exact) mass is 331 g/mol. The first kappa shape index (κ1) is 21.5. The number of carbonyl (C=O) groups excluding carboxylic acids is 1. The molecular weight excluding hydrogens is 298 g/mol. The van der Waals surface area contributed by atoms with Gasteiger partial charge in [0.15, 0.2) is 6.29 Å². The molecule has 0 aliphatic carbocycles. The van der Waals surface area contributed by atoms with Gasteiger partial charge in [0.25, 0.3) is 0 Å². The molecule has 0 aromatic rings. The van der Waals surface area contributed by atoms with Gasteiger partial charge in [-0.3, -0.25) is 4.79 Å². The Balaban J connectivity index is 3.84. The van der Waals surface area contributed by atoms with E-state index >= 15 is 0 Å². The highest BCUT2D eigenvalue weighted by atomic mass is 32.2. The van der Waals surface area contributed by atoms with Gasteiger partial charge in [-0.2, -0.15) is 11.8 Å². The van der Waals surface area contributed by atoms with Gasteiger partial charge in [-0.05, 0) is 44.1 Å². The fraction of sp³-hybridized carbons (Fsp3) is 0.824. The van der Waals surface area contributed by atoms with Gasteiger partial charge in [0.1, 0.15) is 0 Å². The van der Waals surface area contributed by atoms with E-state index in [9.17, 15) is 9.90 Å². The van der Waals surface area contributed by atoms with Crippen LogP contribution in [0.5, 0.6) is 0 Å². The standard InChI is InChI=1S/C17H33NO3S/c1-4-5-6-7-8-9-10-11-12-16(19)18-15(13-14-22-3)17(20)21-2/h8-9,15,17,20H,4-7,10-14H2,1-3H3,(H,18,19). The number of hydrogen-bond acceptors (Lipinski definition) is 4. The molecule has 1 amide bonds. The average molecular weight is 332 g/mol. The Bertz CT molecular complexity index is 298. The van der Waals surface area contributed by atoms with Crippen LogP contribution in [0.3, 0.4) is 0 Å². The Labute approximate surface area is 140 Å².